The lowest BCUT2D eigenvalue weighted by Crippen LogP contribution is -2.01. The summed E-state index contributed by atoms with van der Waals surface area (Å²) in [7, 11) is 1.81. The minimum absolute atomic E-state index is 0.421. The first-order valence-corrected chi connectivity index (χ1v) is 5.79. The summed E-state index contributed by atoms with van der Waals surface area (Å²) in [4.78, 5) is 8.78. The molecule has 3 rings (SSSR count). The smallest absolute Gasteiger partial charge is 0.162 e. The van der Waals surface area contributed by atoms with Gasteiger partial charge < -0.3 is 5.73 Å². The fourth-order valence-corrected chi connectivity index (χ4v) is 1.84. The van der Waals surface area contributed by atoms with Gasteiger partial charge in [-0.15, -0.1) is 5.10 Å². The van der Waals surface area contributed by atoms with Crippen molar-refractivity contribution in [2.45, 2.75) is 0 Å². The fraction of sp³-hybridized carbons (Fsp3) is 0.0769. The number of benzene rings is 1. The number of rotatable bonds is 2. The summed E-state index contributed by atoms with van der Waals surface area (Å²) in [5.41, 5.74) is 8.28. The van der Waals surface area contributed by atoms with E-state index in [2.05, 4.69) is 20.3 Å². The average Bonchev–Trinajstić information content (AvgIpc) is 2.85. The van der Waals surface area contributed by atoms with Gasteiger partial charge in [0.05, 0.1) is 11.9 Å². The first-order chi connectivity index (χ1) is 9.24. The second-order valence-electron chi connectivity index (χ2n) is 4.11. The number of aryl methyl sites for hydroxylation is 1. The molecule has 3 aromatic rings. The van der Waals surface area contributed by atoms with Crippen LogP contribution in [0.15, 0.2) is 42.6 Å². The van der Waals surface area contributed by atoms with E-state index in [0.29, 0.717) is 17.3 Å². The summed E-state index contributed by atoms with van der Waals surface area (Å²) in [5, 5.41) is 7.73. The van der Waals surface area contributed by atoms with Crippen LogP contribution >= 0.6 is 0 Å². The Morgan fingerprint density at radius 2 is 1.89 bits per heavy atom. The molecule has 2 N–H and O–H groups in total. The summed E-state index contributed by atoms with van der Waals surface area (Å²) in [6, 6.07) is 11.4. The van der Waals surface area contributed by atoms with Crippen molar-refractivity contribution >= 4 is 5.82 Å². The molecule has 0 unspecified atom stereocenters. The third kappa shape index (κ3) is 2.15. The Morgan fingerprint density at radius 1 is 1.11 bits per heavy atom. The maximum Gasteiger partial charge on any atom is 0.162 e. The largest absolute Gasteiger partial charge is 0.384 e. The van der Waals surface area contributed by atoms with Gasteiger partial charge >= 0.3 is 0 Å². The minimum atomic E-state index is 0.421. The number of aromatic nitrogens is 5. The van der Waals surface area contributed by atoms with Crippen molar-refractivity contribution in [1.29, 1.82) is 0 Å². The second-order valence-corrected chi connectivity index (χ2v) is 4.11. The van der Waals surface area contributed by atoms with Gasteiger partial charge in [0.2, 0.25) is 0 Å². The van der Waals surface area contributed by atoms with Crippen LogP contribution in [0, 0.1) is 0 Å². The van der Waals surface area contributed by atoms with Gasteiger partial charge in [0.25, 0.3) is 0 Å². The maximum atomic E-state index is 5.85. The molecule has 0 saturated carbocycles. The zero-order valence-corrected chi connectivity index (χ0v) is 10.4. The molecule has 0 aliphatic heterocycles. The summed E-state index contributed by atoms with van der Waals surface area (Å²) in [6.07, 6.45) is 1.65. The zero-order chi connectivity index (χ0) is 13.2. The number of nitrogens with zero attached hydrogens (tertiary/aromatic N) is 5. The van der Waals surface area contributed by atoms with E-state index >= 15 is 0 Å². The Kier molecular flexibility index (Phi) is 2.68. The molecule has 0 spiro atoms. The van der Waals surface area contributed by atoms with Crippen LogP contribution in [0.2, 0.25) is 0 Å². The van der Waals surface area contributed by atoms with Crippen molar-refractivity contribution in [3.8, 4) is 22.8 Å². The quantitative estimate of drug-likeness (QED) is 0.747. The third-order valence-electron chi connectivity index (χ3n) is 2.75. The Labute approximate surface area is 109 Å². The fourth-order valence-electron chi connectivity index (χ4n) is 1.84. The lowest BCUT2D eigenvalue weighted by atomic mass is 10.2. The van der Waals surface area contributed by atoms with Crippen LogP contribution in [0.3, 0.4) is 0 Å². The number of hydrogen-bond acceptors (Lipinski definition) is 5. The lowest BCUT2D eigenvalue weighted by molar-refractivity contribution is 0.719. The molecule has 2 heterocycles. The van der Waals surface area contributed by atoms with E-state index in [-0.39, 0.29) is 0 Å². The molecule has 6 heteroatoms. The summed E-state index contributed by atoms with van der Waals surface area (Å²) >= 11 is 0. The molecule has 2 aromatic heterocycles. The van der Waals surface area contributed by atoms with Crippen molar-refractivity contribution in [2.24, 2.45) is 7.05 Å². The van der Waals surface area contributed by atoms with Gasteiger partial charge in [-0.1, -0.05) is 35.5 Å². The van der Waals surface area contributed by atoms with E-state index in [0.717, 1.165) is 11.3 Å². The van der Waals surface area contributed by atoms with Crippen LogP contribution in [-0.2, 0) is 7.05 Å². The van der Waals surface area contributed by atoms with Gasteiger partial charge in [0.15, 0.2) is 5.82 Å². The molecular weight excluding hydrogens is 240 g/mol. The standard InChI is InChI=1S/C13H12N6/c1-19-11(8-15-18-19)10-7-12(14)17-13(16-10)9-5-3-2-4-6-9/h2-8H,1H3,(H2,14,16,17). The van der Waals surface area contributed by atoms with Gasteiger partial charge in [-0.05, 0) is 0 Å². The van der Waals surface area contributed by atoms with Crippen LogP contribution in [0.5, 0.6) is 0 Å². The van der Waals surface area contributed by atoms with Crippen molar-refractivity contribution < 1.29 is 0 Å². The van der Waals surface area contributed by atoms with Crippen molar-refractivity contribution in [1.82, 2.24) is 25.0 Å². The van der Waals surface area contributed by atoms with E-state index in [9.17, 15) is 0 Å². The molecule has 0 atom stereocenters. The highest BCUT2D eigenvalue weighted by molar-refractivity contribution is 5.64. The predicted octanol–water partition coefficient (Wildman–Crippen LogP) is 1.52. The Bertz CT molecular complexity index is 704. The highest BCUT2D eigenvalue weighted by Gasteiger charge is 2.10. The molecule has 0 aliphatic carbocycles. The third-order valence-corrected chi connectivity index (χ3v) is 2.75. The predicted molar refractivity (Wildman–Crippen MR) is 71.9 cm³/mol. The highest BCUT2D eigenvalue weighted by Crippen LogP contribution is 2.21. The first kappa shape index (κ1) is 11.3. The van der Waals surface area contributed by atoms with Crippen LogP contribution < -0.4 is 5.73 Å². The summed E-state index contributed by atoms with van der Waals surface area (Å²) in [5.74, 6) is 1.02. The number of nitrogen functional groups attached to an aromatic ring is 1. The van der Waals surface area contributed by atoms with Crippen LogP contribution in [0.4, 0.5) is 5.82 Å². The van der Waals surface area contributed by atoms with E-state index < -0.39 is 0 Å². The highest BCUT2D eigenvalue weighted by atomic mass is 15.4. The van der Waals surface area contributed by atoms with Crippen LogP contribution in [0.25, 0.3) is 22.8 Å². The minimum Gasteiger partial charge on any atom is -0.384 e. The van der Waals surface area contributed by atoms with E-state index in [1.165, 1.54) is 0 Å². The summed E-state index contributed by atoms with van der Waals surface area (Å²) in [6.45, 7) is 0. The molecule has 19 heavy (non-hydrogen) atoms. The normalized spacial score (nSPS) is 10.6. The number of nitrogens with two attached hydrogens (primary N) is 1. The average molecular weight is 252 g/mol. The molecule has 0 amide bonds. The second kappa shape index (κ2) is 4.49. The SMILES string of the molecule is Cn1nncc1-c1cc(N)nc(-c2ccccc2)n1. The zero-order valence-electron chi connectivity index (χ0n) is 10.4. The molecule has 0 radical (unpaired) electrons. The van der Waals surface area contributed by atoms with Gasteiger partial charge in [-0.2, -0.15) is 0 Å². The van der Waals surface area contributed by atoms with E-state index in [4.69, 9.17) is 5.73 Å². The van der Waals surface area contributed by atoms with Crippen molar-refractivity contribution in [2.75, 3.05) is 5.73 Å². The van der Waals surface area contributed by atoms with Crippen LogP contribution in [0.1, 0.15) is 0 Å². The van der Waals surface area contributed by atoms with Crippen LogP contribution in [-0.4, -0.2) is 25.0 Å². The molecule has 0 aliphatic rings. The van der Waals surface area contributed by atoms with Gasteiger partial charge in [-0.25, -0.2) is 14.6 Å². The Balaban J connectivity index is 2.14. The summed E-state index contributed by atoms with van der Waals surface area (Å²) < 4.78 is 1.65. The Morgan fingerprint density at radius 3 is 2.58 bits per heavy atom. The number of anilines is 1. The first-order valence-electron chi connectivity index (χ1n) is 5.79. The van der Waals surface area contributed by atoms with Crippen molar-refractivity contribution in [3.05, 3.63) is 42.6 Å². The number of hydrogen-bond donors (Lipinski definition) is 1. The molecule has 0 fully saturated rings. The van der Waals surface area contributed by atoms with Gasteiger partial charge in [-0.3, -0.25) is 0 Å². The monoisotopic (exact) mass is 252 g/mol. The maximum absolute atomic E-state index is 5.85. The molecule has 0 saturated heterocycles. The molecular formula is C13H12N6. The van der Waals surface area contributed by atoms with E-state index in [1.54, 1.807) is 16.9 Å². The molecule has 6 nitrogen and oxygen atoms in total. The molecule has 0 bridgehead atoms. The molecule has 94 valence electrons. The van der Waals surface area contributed by atoms with Gasteiger partial charge in [0.1, 0.15) is 11.5 Å². The lowest BCUT2D eigenvalue weighted by Gasteiger charge is -2.05. The van der Waals surface area contributed by atoms with E-state index in [1.807, 2.05) is 37.4 Å². The topological polar surface area (TPSA) is 82.5 Å². The molecule has 1 aromatic carbocycles. The van der Waals surface area contributed by atoms with Crippen molar-refractivity contribution in [3.63, 3.8) is 0 Å². The Hall–Kier alpha value is -2.76. The van der Waals surface area contributed by atoms with Gasteiger partial charge in [0, 0.05) is 18.7 Å².